The molecule has 0 bridgehead atoms. The summed E-state index contributed by atoms with van der Waals surface area (Å²) >= 11 is 2.04. The zero-order valence-electron chi connectivity index (χ0n) is 13.3. The first-order chi connectivity index (χ1) is 10.2. The van der Waals surface area contributed by atoms with Crippen LogP contribution in [-0.2, 0) is 9.47 Å². The Bertz CT molecular complexity index is 329. The van der Waals surface area contributed by atoms with Gasteiger partial charge in [0.25, 0.3) is 0 Å². The molecule has 1 N–H and O–H groups in total. The molecule has 0 aromatic heterocycles. The Balaban J connectivity index is 1.69. The summed E-state index contributed by atoms with van der Waals surface area (Å²) in [5, 5.41) is 11.1. The van der Waals surface area contributed by atoms with E-state index in [0.29, 0.717) is 12.5 Å². The van der Waals surface area contributed by atoms with Crippen LogP contribution in [0.2, 0.25) is 0 Å². The topological polar surface area (TPSA) is 38.7 Å². The van der Waals surface area contributed by atoms with Crippen LogP contribution in [0.25, 0.3) is 0 Å². The fourth-order valence-corrected chi connectivity index (χ4v) is 5.88. The third kappa shape index (κ3) is 3.29. The van der Waals surface area contributed by atoms with E-state index in [1.54, 1.807) is 0 Å². The molecule has 2 saturated heterocycles. The summed E-state index contributed by atoms with van der Waals surface area (Å²) in [4.78, 5) is 0. The van der Waals surface area contributed by atoms with Crippen LogP contribution >= 0.6 is 11.8 Å². The Morgan fingerprint density at radius 1 is 1.24 bits per heavy atom. The third-order valence-corrected chi connectivity index (χ3v) is 6.79. The number of thioether (sulfide) groups is 1. The number of aliphatic hydroxyl groups excluding tert-OH is 1. The molecule has 2 atom stereocenters. The van der Waals surface area contributed by atoms with Crippen molar-refractivity contribution in [2.24, 2.45) is 5.92 Å². The molecule has 21 heavy (non-hydrogen) atoms. The monoisotopic (exact) mass is 314 g/mol. The summed E-state index contributed by atoms with van der Waals surface area (Å²) in [7, 11) is 0. The molecule has 0 amide bonds. The maximum Gasteiger partial charge on any atom is 0.0942 e. The van der Waals surface area contributed by atoms with E-state index in [2.05, 4.69) is 6.92 Å². The summed E-state index contributed by atoms with van der Waals surface area (Å²) in [5.41, 5.74) is -0.206. The van der Waals surface area contributed by atoms with Gasteiger partial charge < -0.3 is 14.6 Å². The first-order valence-corrected chi connectivity index (χ1v) is 9.89. The second-order valence-corrected chi connectivity index (χ2v) is 8.27. The first-order valence-electron chi connectivity index (χ1n) is 8.73. The fourth-order valence-electron chi connectivity index (χ4n) is 4.64. The fraction of sp³-hybridized carbons (Fsp3) is 1.00. The smallest absolute Gasteiger partial charge is 0.0942 e. The molecule has 2 aliphatic heterocycles. The van der Waals surface area contributed by atoms with Crippen molar-refractivity contribution in [3.05, 3.63) is 0 Å². The van der Waals surface area contributed by atoms with E-state index >= 15 is 0 Å². The summed E-state index contributed by atoms with van der Waals surface area (Å²) < 4.78 is 12.3. The third-order valence-electron chi connectivity index (χ3n) is 5.80. The highest BCUT2D eigenvalue weighted by Crippen LogP contribution is 2.46. The van der Waals surface area contributed by atoms with Crippen molar-refractivity contribution in [3.8, 4) is 0 Å². The van der Waals surface area contributed by atoms with E-state index < -0.39 is 0 Å². The second-order valence-electron chi connectivity index (χ2n) is 7.05. The van der Waals surface area contributed by atoms with Gasteiger partial charge in [0.1, 0.15) is 0 Å². The van der Waals surface area contributed by atoms with Gasteiger partial charge in [-0.2, -0.15) is 11.8 Å². The molecular weight excluding hydrogens is 284 g/mol. The molecule has 4 heteroatoms. The van der Waals surface area contributed by atoms with Crippen molar-refractivity contribution in [2.75, 3.05) is 24.7 Å². The predicted molar refractivity (Wildman–Crippen MR) is 86.8 cm³/mol. The van der Waals surface area contributed by atoms with Crippen molar-refractivity contribution in [1.29, 1.82) is 0 Å². The number of ether oxygens (including phenoxy) is 2. The number of rotatable bonds is 4. The van der Waals surface area contributed by atoms with Crippen molar-refractivity contribution < 1.29 is 14.6 Å². The largest absolute Gasteiger partial charge is 0.390 e. The van der Waals surface area contributed by atoms with Crippen LogP contribution in [0.5, 0.6) is 0 Å². The SMILES string of the molecule is CCOC1(C(O)C2CCOC3(CCSCC3)C2)CCCC1. The molecular formula is C17H30O3S. The molecule has 3 nitrogen and oxygen atoms in total. The minimum absolute atomic E-state index is 0.0567. The van der Waals surface area contributed by atoms with Crippen LogP contribution in [0.1, 0.15) is 58.3 Å². The zero-order valence-corrected chi connectivity index (χ0v) is 14.1. The molecule has 122 valence electrons. The van der Waals surface area contributed by atoms with Crippen LogP contribution < -0.4 is 0 Å². The predicted octanol–water partition coefficient (Wildman–Crippen LogP) is 3.39. The Kier molecular flexibility index (Phi) is 5.19. The van der Waals surface area contributed by atoms with E-state index in [1.165, 1.54) is 24.3 Å². The molecule has 0 aromatic carbocycles. The van der Waals surface area contributed by atoms with Gasteiger partial charge in [0, 0.05) is 13.2 Å². The Morgan fingerprint density at radius 2 is 1.95 bits per heavy atom. The van der Waals surface area contributed by atoms with Gasteiger partial charge in [0.2, 0.25) is 0 Å². The van der Waals surface area contributed by atoms with Crippen molar-refractivity contribution >= 4 is 11.8 Å². The standard InChI is InChI=1S/C17H30O3S/c1-2-19-17(6-3-4-7-17)15(18)14-5-10-20-16(13-14)8-11-21-12-9-16/h14-15,18H,2-13H2,1H3. The lowest BCUT2D eigenvalue weighted by Crippen LogP contribution is -2.52. The van der Waals surface area contributed by atoms with Crippen LogP contribution in [0.3, 0.4) is 0 Å². The summed E-state index contributed by atoms with van der Waals surface area (Å²) in [6.45, 7) is 3.58. The van der Waals surface area contributed by atoms with Crippen LogP contribution in [0, 0.1) is 5.92 Å². The zero-order chi connectivity index (χ0) is 14.8. The number of hydrogen-bond donors (Lipinski definition) is 1. The molecule has 3 fully saturated rings. The minimum Gasteiger partial charge on any atom is -0.390 e. The van der Waals surface area contributed by atoms with Gasteiger partial charge in [-0.15, -0.1) is 0 Å². The maximum absolute atomic E-state index is 11.1. The van der Waals surface area contributed by atoms with Crippen LogP contribution in [-0.4, -0.2) is 47.1 Å². The maximum atomic E-state index is 11.1. The Labute approximate surface area is 133 Å². The second kappa shape index (κ2) is 6.77. The Hall–Kier alpha value is 0.230. The quantitative estimate of drug-likeness (QED) is 0.863. The molecule has 3 rings (SSSR count). The van der Waals surface area contributed by atoms with Crippen LogP contribution in [0.15, 0.2) is 0 Å². The summed E-state index contributed by atoms with van der Waals surface area (Å²) in [6.07, 6.45) is 8.48. The average molecular weight is 314 g/mol. The van der Waals surface area contributed by atoms with E-state index in [9.17, 15) is 5.11 Å². The number of aliphatic hydroxyl groups is 1. The van der Waals surface area contributed by atoms with Gasteiger partial charge >= 0.3 is 0 Å². The molecule has 1 aliphatic carbocycles. The highest BCUT2D eigenvalue weighted by molar-refractivity contribution is 7.99. The lowest BCUT2D eigenvalue weighted by molar-refractivity contribution is -0.174. The average Bonchev–Trinajstić information content (AvgIpc) is 2.97. The normalized spacial score (nSPS) is 33.1. The first kappa shape index (κ1) is 16.1. The Morgan fingerprint density at radius 3 is 2.62 bits per heavy atom. The number of hydrogen-bond acceptors (Lipinski definition) is 4. The van der Waals surface area contributed by atoms with E-state index in [-0.39, 0.29) is 17.3 Å². The molecule has 0 radical (unpaired) electrons. The molecule has 0 aromatic rings. The van der Waals surface area contributed by atoms with E-state index in [4.69, 9.17) is 9.47 Å². The van der Waals surface area contributed by atoms with Gasteiger partial charge in [-0.1, -0.05) is 12.8 Å². The van der Waals surface area contributed by atoms with Gasteiger partial charge in [-0.3, -0.25) is 0 Å². The molecule has 2 heterocycles. The van der Waals surface area contributed by atoms with E-state index in [0.717, 1.165) is 45.1 Å². The van der Waals surface area contributed by atoms with Gasteiger partial charge in [-0.05, 0) is 62.9 Å². The lowest BCUT2D eigenvalue weighted by atomic mass is 9.74. The molecule has 1 saturated carbocycles. The minimum atomic E-state index is -0.310. The lowest BCUT2D eigenvalue weighted by Gasteiger charge is -2.47. The highest BCUT2D eigenvalue weighted by atomic mass is 32.2. The van der Waals surface area contributed by atoms with Crippen molar-refractivity contribution in [1.82, 2.24) is 0 Å². The van der Waals surface area contributed by atoms with Gasteiger partial charge in [0.05, 0.1) is 17.3 Å². The van der Waals surface area contributed by atoms with Gasteiger partial charge in [-0.25, -0.2) is 0 Å². The van der Waals surface area contributed by atoms with Crippen LogP contribution in [0.4, 0.5) is 0 Å². The van der Waals surface area contributed by atoms with Crippen molar-refractivity contribution in [2.45, 2.75) is 75.6 Å². The van der Waals surface area contributed by atoms with E-state index in [1.807, 2.05) is 11.8 Å². The molecule has 1 spiro atoms. The summed E-state index contributed by atoms with van der Waals surface area (Å²) in [6, 6.07) is 0. The van der Waals surface area contributed by atoms with Crippen molar-refractivity contribution in [3.63, 3.8) is 0 Å². The highest BCUT2D eigenvalue weighted by Gasteiger charge is 2.49. The molecule has 2 unspecified atom stereocenters. The summed E-state index contributed by atoms with van der Waals surface area (Å²) in [5.74, 6) is 2.77. The molecule has 3 aliphatic rings. The van der Waals surface area contributed by atoms with Gasteiger partial charge in [0.15, 0.2) is 0 Å².